The van der Waals surface area contributed by atoms with Gasteiger partial charge in [0.05, 0.1) is 16.7 Å². The number of hydrogen-bond acceptors (Lipinski definition) is 5. The number of nitrogens with zero attached hydrogens (tertiary/aromatic N) is 4. The first kappa shape index (κ1) is 17.3. The van der Waals surface area contributed by atoms with Crippen molar-refractivity contribution in [3.63, 3.8) is 0 Å². The predicted molar refractivity (Wildman–Crippen MR) is 95.1 cm³/mol. The van der Waals surface area contributed by atoms with Crippen LogP contribution in [0.5, 0.6) is 0 Å². The van der Waals surface area contributed by atoms with E-state index < -0.39 is 4.92 Å². The molecule has 132 valence electrons. The van der Waals surface area contributed by atoms with E-state index in [4.69, 9.17) is 0 Å². The Labute approximate surface area is 149 Å². The van der Waals surface area contributed by atoms with Crippen LogP contribution in [0.1, 0.15) is 34.5 Å². The highest BCUT2D eigenvalue weighted by Gasteiger charge is 2.16. The maximum Gasteiger partial charge on any atom is 0.272 e. The van der Waals surface area contributed by atoms with Crippen LogP contribution in [0.4, 0.5) is 5.69 Å². The Morgan fingerprint density at radius 3 is 2.54 bits per heavy atom. The van der Waals surface area contributed by atoms with Crippen molar-refractivity contribution in [3.8, 4) is 5.69 Å². The zero-order chi connectivity index (χ0) is 18.7. The summed E-state index contributed by atoms with van der Waals surface area (Å²) in [5.74, 6) is -0.282. The van der Waals surface area contributed by atoms with Crippen LogP contribution in [0.15, 0.2) is 55.1 Å². The van der Waals surface area contributed by atoms with Crippen molar-refractivity contribution in [2.45, 2.75) is 19.9 Å². The number of benzene rings is 2. The summed E-state index contributed by atoms with van der Waals surface area (Å²) in [5, 5.41) is 17.8. The van der Waals surface area contributed by atoms with E-state index in [1.807, 2.05) is 31.2 Å². The number of nitro groups is 1. The third-order valence-corrected chi connectivity index (χ3v) is 4.08. The molecule has 1 unspecified atom stereocenters. The SMILES string of the molecule is Cc1cc(C(=O)NC(C)c2ccc(-n3cncn3)cc2)ccc1[N+](=O)[O-]. The van der Waals surface area contributed by atoms with Crippen LogP contribution in [-0.2, 0) is 0 Å². The maximum atomic E-state index is 12.4. The van der Waals surface area contributed by atoms with Crippen LogP contribution in [0.2, 0.25) is 0 Å². The van der Waals surface area contributed by atoms with Crippen molar-refractivity contribution in [2.75, 3.05) is 0 Å². The van der Waals surface area contributed by atoms with Crippen LogP contribution in [0, 0.1) is 17.0 Å². The van der Waals surface area contributed by atoms with E-state index in [9.17, 15) is 14.9 Å². The van der Waals surface area contributed by atoms with Gasteiger partial charge < -0.3 is 5.32 Å². The summed E-state index contributed by atoms with van der Waals surface area (Å²) in [6.07, 6.45) is 3.07. The molecule has 0 bridgehead atoms. The molecule has 8 nitrogen and oxygen atoms in total. The van der Waals surface area contributed by atoms with Gasteiger partial charge in [-0.05, 0) is 43.7 Å². The standard InChI is InChI=1S/C18H17N5O3/c1-12-9-15(5-8-17(12)23(25)26)18(24)21-13(2)14-3-6-16(7-4-14)22-11-19-10-20-22/h3-11,13H,1-2H3,(H,21,24). The van der Waals surface area contributed by atoms with E-state index in [2.05, 4.69) is 15.4 Å². The van der Waals surface area contributed by atoms with E-state index >= 15 is 0 Å². The molecule has 0 aliphatic rings. The number of nitrogens with one attached hydrogen (secondary N) is 1. The van der Waals surface area contributed by atoms with Crippen molar-refractivity contribution in [2.24, 2.45) is 0 Å². The largest absolute Gasteiger partial charge is 0.346 e. The van der Waals surface area contributed by atoms with E-state index in [0.717, 1.165) is 11.3 Å². The van der Waals surface area contributed by atoms with Gasteiger partial charge in [0, 0.05) is 17.2 Å². The summed E-state index contributed by atoms with van der Waals surface area (Å²) < 4.78 is 1.65. The number of rotatable bonds is 5. The van der Waals surface area contributed by atoms with Crippen LogP contribution in [-0.4, -0.2) is 25.6 Å². The third-order valence-electron chi connectivity index (χ3n) is 4.08. The fourth-order valence-corrected chi connectivity index (χ4v) is 2.62. The van der Waals surface area contributed by atoms with Gasteiger partial charge in [0.15, 0.2) is 0 Å². The van der Waals surface area contributed by atoms with Gasteiger partial charge in [0.2, 0.25) is 0 Å². The normalized spacial score (nSPS) is 11.8. The highest BCUT2D eigenvalue weighted by molar-refractivity contribution is 5.95. The van der Waals surface area contributed by atoms with Gasteiger partial charge in [-0.3, -0.25) is 14.9 Å². The second-order valence-corrected chi connectivity index (χ2v) is 5.89. The summed E-state index contributed by atoms with van der Waals surface area (Å²) in [7, 11) is 0. The minimum atomic E-state index is -0.462. The zero-order valence-corrected chi connectivity index (χ0v) is 14.3. The van der Waals surface area contributed by atoms with Crippen molar-refractivity contribution < 1.29 is 9.72 Å². The van der Waals surface area contributed by atoms with E-state index in [1.54, 1.807) is 17.9 Å². The van der Waals surface area contributed by atoms with Gasteiger partial charge >= 0.3 is 0 Å². The summed E-state index contributed by atoms with van der Waals surface area (Å²) in [4.78, 5) is 26.7. The lowest BCUT2D eigenvalue weighted by Gasteiger charge is -2.15. The molecule has 1 heterocycles. The number of nitro benzene ring substituents is 1. The molecule has 0 fully saturated rings. The van der Waals surface area contributed by atoms with Gasteiger partial charge in [-0.25, -0.2) is 9.67 Å². The van der Waals surface area contributed by atoms with Gasteiger partial charge in [0.25, 0.3) is 11.6 Å². The highest BCUT2D eigenvalue weighted by Crippen LogP contribution is 2.20. The maximum absolute atomic E-state index is 12.4. The molecule has 26 heavy (non-hydrogen) atoms. The quantitative estimate of drug-likeness (QED) is 0.562. The first-order valence-electron chi connectivity index (χ1n) is 7.96. The molecule has 0 spiro atoms. The van der Waals surface area contributed by atoms with Crippen molar-refractivity contribution in [1.29, 1.82) is 0 Å². The fourth-order valence-electron chi connectivity index (χ4n) is 2.62. The minimum absolute atomic E-state index is 0.00158. The number of aromatic nitrogens is 3. The summed E-state index contributed by atoms with van der Waals surface area (Å²) in [6.45, 7) is 3.49. The molecule has 8 heteroatoms. The molecule has 0 aliphatic heterocycles. The van der Waals surface area contributed by atoms with Crippen LogP contribution in [0.25, 0.3) is 5.69 Å². The lowest BCUT2D eigenvalue weighted by atomic mass is 10.1. The van der Waals surface area contributed by atoms with Gasteiger partial charge in [-0.1, -0.05) is 12.1 Å². The average molecular weight is 351 g/mol. The Kier molecular flexibility index (Phi) is 4.74. The Balaban J connectivity index is 1.71. The highest BCUT2D eigenvalue weighted by atomic mass is 16.6. The number of amides is 1. The van der Waals surface area contributed by atoms with E-state index in [0.29, 0.717) is 11.1 Å². The summed E-state index contributed by atoms with van der Waals surface area (Å²) in [6, 6.07) is 11.7. The van der Waals surface area contributed by atoms with Gasteiger partial charge in [-0.2, -0.15) is 5.10 Å². The Morgan fingerprint density at radius 2 is 1.96 bits per heavy atom. The molecule has 1 atom stereocenters. The topological polar surface area (TPSA) is 103 Å². The summed E-state index contributed by atoms with van der Waals surface area (Å²) >= 11 is 0. The molecular formula is C18H17N5O3. The molecule has 0 aliphatic carbocycles. The molecule has 3 aromatic rings. The van der Waals surface area contributed by atoms with Crippen molar-refractivity contribution in [1.82, 2.24) is 20.1 Å². The molecule has 1 N–H and O–H groups in total. The van der Waals surface area contributed by atoms with Gasteiger partial charge in [-0.15, -0.1) is 0 Å². The number of carbonyl (C=O) groups excluding carboxylic acids is 1. The number of carbonyl (C=O) groups is 1. The summed E-state index contributed by atoms with van der Waals surface area (Å²) in [5.41, 5.74) is 2.64. The van der Waals surface area contributed by atoms with Crippen LogP contribution in [0.3, 0.4) is 0 Å². The molecule has 3 rings (SSSR count). The van der Waals surface area contributed by atoms with E-state index in [1.165, 1.54) is 24.5 Å². The first-order chi connectivity index (χ1) is 12.5. The number of aryl methyl sites for hydroxylation is 1. The van der Waals surface area contributed by atoms with Crippen molar-refractivity contribution in [3.05, 3.63) is 81.9 Å². The lowest BCUT2D eigenvalue weighted by Crippen LogP contribution is -2.26. The Morgan fingerprint density at radius 1 is 1.23 bits per heavy atom. The van der Waals surface area contributed by atoms with Crippen LogP contribution >= 0.6 is 0 Å². The van der Waals surface area contributed by atoms with Crippen molar-refractivity contribution >= 4 is 11.6 Å². The smallest absolute Gasteiger partial charge is 0.272 e. The lowest BCUT2D eigenvalue weighted by molar-refractivity contribution is -0.385. The predicted octanol–water partition coefficient (Wildman–Crippen LogP) is 2.97. The number of hydrogen-bond donors (Lipinski definition) is 1. The first-order valence-corrected chi connectivity index (χ1v) is 7.96. The Bertz CT molecular complexity index is 936. The molecular weight excluding hydrogens is 334 g/mol. The second kappa shape index (κ2) is 7.14. The van der Waals surface area contributed by atoms with Gasteiger partial charge in [0.1, 0.15) is 12.7 Å². The average Bonchev–Trinajstić information content (AvgIpc) is 3.16. The second-order valence-electron chi connectivity index (χ2n) is 5.89. The fraction of sp³-hybridized carbons (Fsp3) is 0.167. The molecule has 1 aromatic heterocycles. The third kappa shape index (κ3) is 3.59. The van der Waals surface area contributed by atoms with E-state index in [-0.39, 0.29) is 17.6 Å². The minimum Gasteiger partial charge on any atom is -0.346 e. The molecule has 2 aromatic carbocycles. The molecule has 0 saturated heterocycles. The monoisotopic (exact) mass is 351 g/mol. The molecule has 0 radical (unpaired) electrons. The molecule has 1 amide bonds. The Hall–Kier alpha value is -3.55. The zero-order valence-electron chi connectivity index (χ0n) is 14.3. The molecule has 0 saturated carbocycles. The van der Waals surface area contributed by atoms with Crippen LogP contribution < -0.4 is 5.32 Å².